The third-order valence-corrected chi connectivity index (χ3v) is 5.01. The molecule has 11 heteroatoms. The van der Waals surface area contributed by atoms with Gasteiger partial charge in [-0.2, -0.15) is 13.2 Å². The van der Waals surface area contributed by atoms with Gasteiger partial charge in [0.2, 0.25) is 11.8 Å². The molecule has 1 aliphatic rings. The van der Waals surface area contributed by atoms with Crippen LogP contribution in [0.2, 0.25) is 0 Å². The zero-order chi connectivity index (χ0) is 23.5. The van der Waals surface area contributed by atoms with Crippen LogP contribution in [0.4, 0.5) is 33.3 Å². The molecule has 32 heavy (non-hydrogen) atoms. The second-order valence-electron chi connectivity index (χ2n) is 7.36. The quantitative estimate of drug-likeness (QED) is 0.392. The average molecular weight is 457 g/mol. The normalized spacial score (nSPS) is 14.7. The number of anilines is 2. The van der Waals surface area contributed by atoms with Crippen LogP contribution in [-0.4, -0.2) is 24.8 Å². The molecule has 0 bridgehead atoms. The number of benzene rings is 2. The minimum absolute atomic E-state index is 0.123. The number of hydrogen-bond donors (Lipinski definition) is 3. The molecular formula is C21H20F5N3O3. The van der Waals surface area contributed by atoms with Crippen LogP contribution < -0.4 is 21.1 Å². The van der Waals surface area contributed by atoms with E-state index in [2.05, 4.69) is 15.4 Å². The number of carbonyl (C=O) groups excluding carboxylic acids is 2. The molecule has 2 amide bonds. The summed E-state index contributed by atoms with van der Waals surface area (Å²) in [5.41, 5.74) is 3.76. The highest BCUT2D eigenvalue weighted by molar-refractivity contribution is 6.07. The van der Waals surface area contributed by atoms with E-state index in [9.17, 15) is 31.5 Å². The maximum atomic E-state index is 13.4. The molecule has 0 atom stereocenters. The van der Waals surface area contributed by atoms with E-state index in [-0.39, 0.29) is 18.0 Å². The van der Waals surface area contributed by atoms with Crippen LogP contribution in [0, 0.1) is 5.41 Å². The molecule has 3 rings (SSSR count). The standard InChI is InChI=1S/C21H20F5N3O3/c22-17(23)11-32-14-5-6-16(15(9-14)21(24,25)26)29-13-3-1-12(2-4-13)10-28-19(31)20(7-8-20)18(27)30/h1-6,9,17,29H,7-8,10-11H2,(H2,27,30)(H,28,31). The van der Waals surface area contributed by atoms with Gasteiger partial charge in [-0.05, 0) is 48.7 Å². The minimum atomic E-state index is -4.74. The maximum absolute atomic E-state index is 13.4. The topological polar surface area (TPSA) is 93.5 Å². The monoisotopic (exact) mass is 457 g/mol. The van der Waals surface area contributed by atoms with Crippen molar-refractivity contribution in [2.24, 2.45) is 11.1 Å². The largest absolute Gasteiger partial charge is 0.488 e. The lowest BCUT2D eigenvalue weighted by Crippen LogP contribution is -2.40. The van der Waals surface area contributed by atoms with E-state index in [4.69, 9.17) is 5.73 Å². The van der Waals surface area contributed by atoms with Crippen LogP contribution in [0.1, 0.15) is 24.0 Å². The molecule has 0 spiro atoms. The molecule has 0 unspecified atom stereocenters. The highest BCUT2D eigenvalue weighted by Crippen LogP contribution is 2.45. The maximum Gasteiger partial charge on any atom is 0.418 e. The Balaban J connectivity index is 1.66. The third-order valence-electron chi connectivity index (χ3n) is 5.01. The van der Waals surface area contributed by atoms with Crippen molar-refractivity contribution < 1.29 is 36.3 Å². The Labute approximate surface area is 179 Å². The number of hydrogen-bond acceptors (Lipinski definition) is 4. The van der Waals surface area contributed by atoms with Gasteiger partial charge >= 0.3 is 6.18 Å². The number of nitrogens with two attached hydrogens (primary N) is 1. The first-order chi connectivity index (χ1) is 15.0. The van der Waals surface area contributed by atoms with Crippen molar-refractivity contribution in [3.63, 3.8) is 0 Å². The van der Waals surface area contributed by atoms with E-state index in [1.54, 1.807) is 12.1 Å². The number of nitrogens with one attached hydrogen (secondary N) is 2. The number of halogens is 5. The predicted octanol–water partition coefficient (Wildman–Crippen LogP) is 3.97. The highest BCUT2D eigenvalue weighted by atomic mass is 19.4. The molecule has 1 aliphatic carbocycles. The summed E-state index contributed by atoms with van der Waals surface area (Å²) in [4.78, 5) is 23.5. The van der Waals surface area contributed by atoms with Crippen molar-refractivity contribution in [3.05, 3.63) is 53.6 Å². The van der Waals surface area contributed by atoms with Gasteiger partial charge in [0.15, 0.2) is 0 Å². The Morgan fingerprint density at radius 3 is 2.28 bits per heavy atom. The van der Waals surface area contributed by atoms with Gasteiger partial charge < -0.3 is 21.1 Å². The zero-order valence-corrected chi connectivity index (χ0v) is 16.6. The molecule has 4 N–H and O–H groups in total. The van der Waals surface area contributed by atoms with Gasteiger partial charge in [-0.3, -0.25) is 9.59 Å². The zero-order valence-electron chi connectivity index (χ0n) is 16.6. The lowest BCUT2D eigenvalue weighted by molar-refractivity contribution is -0.137. The van der Waals surface area contributed by atoms with Gasteiger partial charge in [-0.25, -0.2) is 8.78 Å². The lowest BCUT2D eigenvalue weighted by atomic mass is 10.1. The van der Waals surface area contributed by atoms with Gasteiger partial charge in [0.25, 0.3) is 6.43 Å². The van der Waals surface area contributed by atoms with Gasteiger partial charge in [0.1, 0.15) is 17.8 Å². The Bertz CT molecular complexity index is 989. The molecule has 0 heterocycles. The summed E-state index contributed by atoms with van der Waals surface area (Å²) in [6, 6.07) is 9.14. The molecule has 0 aromatic heterocycles. The first kappa shape index (κ1) is 23.3. The highest BCUT2D eigenvalue weighted by Gasteiger charge is 2.55. The van der Waals surface area contributed by atoms with Gasteiger partial charge in [-0.15, -0.1) is 0 Å². The van der Waals surface area contributed by atoms with Crippen LogP contribution in [0.15, 0.2) is 42.5 Å². The van der Waals surface area contributed by atoms with E-state index in [0.717, 1.165) is 12.1 Å². The molecule has 172 valence electrons. The fourth-order valence-corrected chi connectivity index (χ4v) is 3.04. The molecule has 0 saturated heterocycles. The van der Waals surface area contributed by atoms with Gasteiger partial charge in [0.05, 0.1) is 11.3 Å². The summed E-state index contributed by atoms with van der Waals surface area (Å²) in [6.07, 6.45) is -6.73. The molecule has 2 aromatic carbocycles. The van der Waals surface area contributed by atoms with Crippen LogP contribution >= 0.6 is 0 Å². The van der Waals surface area contributed by atoms with Gasteiger partial charge in [-0.1, -0.05) is 12.1 Å². The van der Waals surface area contributed by atoms with Crippen LogP contribution in [0.3, 0.4) is 0 Å². The SMILES string of the molecule is NC(=O)C1(C(=O)NCc2ccc(Nc3ccc(OCC(F)F)cc3C(F)(F)F)cc2)CC1. The van der Waals surface area contributed by atoms with Crippen molar-refractivity contribution in [2.45, 2.75) is 32.0 Å². The van der Waals surface area contributed by atoms with E-state index in [1.165, 1.54) is 12.1 Å². The lowest BCUT2D eigenvalue weighted by Gasteiger charge is -2.17. The second kappa shape index (κ2) is 9.01. The number of rotatable bonds is 9. The summed E-state index contributed by atoms with van der Waals surface area (Å²) in [5.74, 6) is -1.43. The predicted molar refractivity (Wildman–Crippen MR) is 105 cm³/mol. The smallest absolute Gasteiger partial charge is 0.418 e. The summed E-state index contributed by atoms with van der Waals surface area (Å²) in [5, 5.41) is 5.27. The van der Waals surface area contributed by atoms with Crippen molar-refractivity contribution in [1.29, 1.82) is 0 Å². The molecular weight excluding hydrogens is 437 g/mol. The third kappa shape index (κ3) is 5.45. The molecule has 0 radical (unpaired) electrons. The summed E-state index contributed by atoms with van der Waals surface area (Å²) >= 11 is 0. The fourth-order valence-electron chi connectivity index (χ4n) is 3.04. The summed E-state index contributed by atoms with van der Waals surface area (Å²) in [7, 11) is 0. The van der Waals surface area contributed by atoms with Crippen LogP contribution in [0.5, 0.6) is 5.75 Å². The Kier molecular flexibility index (Phi) is 6.56. The first-order valence-corrected chi connectivity index (χ1v) is 9.57. The Morgan fingerprint density at radius 2 is 1.75 bits per heavy atom. The number of ether oxygens (including phenoxy) is 1. The Morgan fingerprint density at radius 1 is 1.09 bits per heavy atom. The number of primary amides is 1. The molecule has 0 aliphatic heterocycles. The van der Waals surface area contributed by atoms with E-state index in [1.807, 2.05) is 0 Å². The van der Waals surface area contributed by atoms with E-state index >= 15 is 0 Å². The average Bonchev–Trinajstić information content (AvgIpc) is 3.54. The minimum Gasteiger partial charge on any atom is -0.488 e. The van der Waals surface area contributed by atoms with Crippen LogP contribution in [-0.2, 0) is 22.3 Å². The van der Waals surface area contributed by atoms with Crippen molar-refractivity contribution in [1.82, 2.24) is 5.32 Å². The molecule has 2 aromatic rings. The number of carbonyl (C=O) groups is 2. The van der Waals surface area contributed by atoms with Crippen molar-refractivity contribution in [2.75, 3.05) is 11.9 Å². The number of amides is 2. The van der Waals surface area contributed by atoms with E-state index < -0.39 is 42.0 Å². The molecule has 1 fully saturated rings. The molecule has 6 nitrogen and oxygen atoms in total. The Hall–Kier alpha value is -3.37. The number of alkyl halides is 5. The fraction of sp³-hybridized carbons (Fsp3) is 0.333. The van der Waals surface area contributed by atoms with Crippen molar-refractivity contribution in [3.8, 4) is 5.75 Å². The second-order valence-corrected chi connectivity index (χ2v) is 7.36. The molecule has 1 saturated carbocycles. The van der Waals surface area contributed by atoms with Crippen molar-refractivity contribution >= 4 is 23.2 Å². The van der Waals surface area contributed by atoms with E-state index in [0.29, 0.717) is 30.2 Å². The summed E-state index contributed by atoms with van der Waals surface area (Å²) < 4.78 is 69.4. The van der Waals surface area contributed by atoms with Gasteiger partial charge in [0, 0.05) is 12.2 Å². The summed E-state index contributed by atoms with van der Waals surface area (Å²) in [6.45, 7) is -0.888. The first-order valence-electron chi connectivity index (χ1n) is 9.57. The van der Waals surface area contributed by atoms with Crippen LogP contribution in [0.25, 0.3) is 0 Å².